The molecule has 134 valence electrons. The minimum atomic E-state index is -1.04. The van der Waals surface area contributed by atoms with Gasteiger partial charge < -0.3 is 15.2 Å². The topological polar surface area (TPSA) is 88.5 Å². The van der Waals surface area contributed by atoms with E-state index < -0.39 is 11.4 Å². The van der Waals surface area contributed by atoms with Crippen molar-refractivity contribution in [2.24, 2.45) is 5.41 Å². The number of carboxylic acids is 1. The zero-order valence-electron chi connectivity index (χ0n) is 14.5. The molecule has 1 amide bonds. The molecule has 0 aliphatic rings. The molecule has 1 heterocycles. The predicted molar refractivity (Wildman–Crippen MR) is 96.3 cm³/mol. The number of para-hydroxylation sites is 1. The highest BCUT2D eigenvalue weighted by atomic mass is 32.1. The van der Waals surface area contributed by atoms with Gasteiger partial charge in [0.2, 0.25) is 5.91 Å². The predicted octanol–water partition coefficient (Wildman–Crippen LogP) is 2.78. The van der Waals surface area contributed by atoms with Crippen LogP contribution in [0.4, 0.5) is 0 Å². The number of carboxylic acid groups (broad SMARTS) is 1. The molecule has 2 N–H and O–H groups in total. The van der Waals surface area contributed by atoms with E-state index in [2.05, 4.69) is 10.3 Å². The van der Waals surface area contributed by atoms with Crippen LogP contribution in [-0.4, -0.2) is 35.6 Å². The van der Waals surface area contributed by atoms with E-state index in [0.717, 1.165) is 11.3 Å². The number of aromatic carboxylic acids is 1. The van der Waals surface area contributed by atoms with Crippen molar-refractivity contribution in [2.45, 2.75) is 26.7 Å². The fourth-order valence-electron chi connectivity index (χ4n) is 2.45. The standard InChI is InChI=1S/C18H22N2O4S/c1-18(2,10-12-6-4-5-7-14(12)24-3)17(23)19-9-8-15-20-13(11-25-15)16(21)22/h4-7,11H,8-10H2,1-3H3,(H,19,23)(H,21,22). The summed E-state index contributed by atoms with van der Waals surface area (Å²) in [5.74, 6) is -0.328. The summed E-state index contributed by atoms with van der Waals surface area (Å²) in [6, 6.07) is 7.66. The van der Waals surface area contributed by atoms with Gasteiger partial charge in [-0.25, -0.2) is 9.78 Å². The smallest absolute Gasteiger partial charge is 0.355 e. The van der Waals surface area contributed by atoms with E-state index in [4.69, 9.17) is 9.84 Å². The third-order valence-corrected chi connectivity index (χ3v) is 4.74. The van der Waals surface area contributed by atoms with E-state index in [1.54, 1.807) is 7.11 Å². The normalized spacial score (nSPS) is 11.2. The molecule has 0 radical (unpaired) electrons. The SMILES string of the molecule is COc1ccccc1CC(C)(C)C(=O)NCCc1nc(C(=O)O)cs1. The largest absolute Gasteiger partial charge is 0.496 e. The number of hydrogen-bond donors (Lipinski definition) is 2. The Kier molecular flexibility index (Phi) is 6.14. The first-order chi connectivity index (χ1) is 11.8. The van der Waals surface area contributed by atoms with Crippen LogP contribution in [-0.2, 0) is 17.6 Å². The van der Waals surface area contributed by atoms with Gasteiger partial charge in [0.05, 0.1) is 12.1 Å². The Labute approximate surface area is 150 Å². The Balaban J connectivity index is 1.90. The highest BCUT2D eigenvalue weighted by Crippen LogP contribution is 2.27. The molecule has 25 heavy (non-hydrogen) atoms. The van der Waals surface area contributed by atoms with E-state index >= 15 is 0 Å². The summed E-state index contributed by atoms with van der Waals surface area (Å²) in [7, 11) is 1.62. The Morgan fingerprint density at radius 1 is 1.32 bits per heavy atom. The van der Waals surface area contributed by atoms with Crippen LogP contribution in [0.1, 0.15) is 34.9 Å². The number of carbonyl (C=O) groups excluding carboxylic acids is 1. The third kappa shape index (κ3) is 5.03. The number of benzene rings is 1. The van der Waals surface area contributed by atoms with Gasteiger partial charge in [0, 0.05) is 23.8 Å². The number of amides is 1. The first kappa shape index (κ1) is 18.9. The van der Waals surface area contributed by atoms with Gasteiger partial charge in [-0.15, -0.1) is 11.3 Å². The number of nitrogens with one attached hydrogen (secondary N) is 1. The number of aromatic nitrogens is 1. The van der Waals surface area contributed by atoms with Gasteiger partial charge in [0.25, 0.3) is 0 Å². The number of carbonyl (C=O) groups is 2. The van der Waals surface area contributed by atoms with Crippen LogP contribution in [0.5, 0.6) is 5.75 Å². The Morgan fingerprint density at radius 2 is 2.04 bits per heavy atom. The Bertz CT molecular complexity index is 755. The number of ether oxygens (including phenoxy) is 1. The molecule has 0 aliphatic heterocycles. The van der Waals surface area contributed by atoms with Crippen LogP contribution in [0.2, 0.25) is 0 Å². The van der Waals surface area contributed by atoms with E-state index in [1.165, 1.54) is 16.7 Å². The van der Waals surface area contributed by atoms with Crippen molar-refractivity contribution < 1.29 is 19.4 Å². The quantitative estimate of drug-likeness (QED) is 0.754. The lowest BCUT2D eigenvalue weighted by Gasteiger charge is -2.24. The molecule has 0 unspecified atom stereocenters. The first-order valence-electron chi connectivity index (χ1n) is 7.91. The van der Waals surface area contributed by atoms with Gasteiger partial charge in [0.1, 0.15) is 5.75 Å². The lowest BCUT2D eigenvalue weighted by molar-refractivity contribution is -0.129. The zero-order chi connectivity index (χ0) is 18.4. The summed E-state index contributed by atoms with van der Waals surface area (Å²) in [6.45, 7) is 4.20. The summed E-state index contributed by atoms with van der Waals surface area (Å²) in [4.78, 5) is 27.3. The minimum absolute atomic E-state index is 0.0443. The summed E-state index contributed by atoms with van der Waals surface area (Å²) in [5.41, 5.74) is 0.433. The number of methoxy groups -OCH3 is 1. The lowest BCUT2D eigenvalue weighted by Crippen LogP contribution is -2.39. The zero-order valence-corrected chi connectivity index (χ0v) is 15.4. The Hall–Kier alpha value is -2.41. The summed E-state index contributed by atoms with van der Waals surface area (Å²) >= 11 is 1.28. The van der Waals surface area contributed by atoms with Gasteiger partial charge in [-0.05, 0) is 18.1 Å². The highest BCUT2D eigenvalue weighted by Gasteiger charge is 2.28. The van der Waals surface area contributed by atoms with Gasteiger partial charge in [-0.3, -0.25) is 4.79 Å². The second-order valence-electron chi connectivity index (χ2n) is 6.31. The van der Waals surface area contributed by atoms with Crippen molar-refractivity contribution in [3.63, 3.8) is 0 Å². The molecule has 7 heteroatoms. The molecule has 0 saturated heterocycles. The van der Waals surface area contributed by atoms with Gasteiger partial charge in [-0.2, -0.15) is 0 Å². The maximum Gasteiger partial charge on any atom is 0.355 e. The molecule has 0 spiro atoms. The van der Waals surface area contributed by atoms with Gasteiger partial charge in [0.15, 0.2) is 5.69 Å². The molecule has 0 aliphatic carbocycles. The molecule has 0 bridgehead atoms. The molecule has 0 atom stereocenters. The number of thiazole rings is 1. The number of rotatable bonds is 8. The maximum absolute atomic E-state index is 12.5. The van der Waals surface area contributed by atoms with Crippen molar-refractivity contribution in [1.29, 1.82) is 0 Å². The van der Waals surface area contributed by atoms with Crippen molar-refractivity contribution in [2.75, 3.05) is 13.7 Å². The average Bonchev–Trinajstić information content (AvgIpc) is 3.04. The monoisotopic (exact) mass is 362 g/mol. The molecular formula is C18H22N2O4S. The third-order valence-electron chi connectivity index (χ3n) is 3.83. The fourth-order valence-corrected chi connectivity index (χ4v) is 3.22. The van der Waals surface area contributed by atoms with Crippen LogP contribution >= 0.6 is 11.3 Å². The van der Waals surface area contributed by atoms with E-state index in [0.29, 0.717) is 24.4 Å². The molecule has 0 fully saturated rings. The van der Waals surface area contributed by atoms with Gasteiger partial charge >= 0.3 is 5.97 Å². The highest BCUT2D eigenvalue weighted by molar-refractivity contribution is 7.09. The molecule has 2 rings (SSSR count). The van der Waals surface area contributed by atoms with Gasteiger partial charge in [-0.1, -0.05) is 32.0 Å². The van der Waals surface area contributed by atoms with Crippen molar-refractivity contribution >= 4 is 23.2 Å². The maximum atomic E-state index is 12.5. The molecule has 0 saturated carbocycles. The molecule has 1 aromatic heterocycles. The fraction of sp³-hybridized carbons (Fsp3) is 0.389. The second kappa shape index (κ2) is 8.11. The summed E-state index contributed by atoms with van der Waals surface area (Å²) in [5, 5.41) is 14.0. The molecule has 6 nitrogen and oxygen atoms in total. The molecular weight excluding hydrogens is 340 g/mol. The number of hydrogen-bond acceptors (Lipinski definition) is 5. The number of nitrogens with zero attached hydrogens (tertiary/aromatic N) is 1. The summed E-state index contributed by atoms with van der Waals surface area (Å²) in [6.07, 6.45) is 1.07. The summed E-state index contributed by atoms with van der Waals surface area (Å²) < 4.78 is 5.35. The van der Waals surface area contributed by atoms with Crippen molar-refractivity contribution in [3.8, 4) is 5.75 Å². The Morgan fingerprint density at radius 3 is 2.68 bits per heavy atom. The molecule has 2 aromatic rings. The van der Waals surface area contributed by atoms with E-state index in [1.807, 2.05) is 38.1 Å². The lowest BCUT2D eigenvalue weighted by atomic mass is 9.84. The second-order valence-corrected chi connectivity index (χ2v) is 7.25. The van der Waals surface area contributed by atoms with Crippen LogP contribution in [0, 0.1) is 5.41 Å². The first-order valence-corrected chi connectivity index (χ1v) is 8.79. The van der Waals surface area contributed by atoms with E-state index in [-0.39, 0.29) is 11.6 Å². The van der Waals surface area contributed by atoms with Crippen LogP contribution in [0.3, 0.4) is 0 Å². The van der Waals surface area contributed by atoms with E-state index in [9.17, 15) is 9.59 Å². The van der Waals surface area contributed by atoms with Crippen LogP contribution in [0.25, 0.3) is 0 Å². The van der Waals surface area contributed by atoms with Crippen LogP contribution in [0.15, 0.2) is 29.6 Å². The minimum Gasteiger partial charge on any atom is -0.496 e. The van der Waals surface area contributed by atoms with Crippen molar-refractivity contribution in [3.05, 3.63) is 45.9 Å². The molecule has 1 aromatic carbocycles. The average molecular weight is 362 g/mol. The van der Waals surface area contributed by atoms with Crippen LogP contribution < -0.4 is 10.1 Å². The van der Waals surface area contributed by atoms with Crippen molar-refractivity contribution in [1.82, 2.24) is 10.3 Å².